The van der Waals surface area contributed by atoms with Crippen molar-refractivity contribution >= 4 is 11.6 Å². The van der Waals surface area contributed by atoms with Gasteiger partial charge in [-0.25, -0.2) is 0 Å². The Morgan fingerprint density at radius 3 is 2.78 bits per heavy atom. The van der Waals surface area contributed by atoms with Gasteiger partial charge in [0.25, 0.3) is 0 Å². The van der Waals surface area contributed by atoms with E-state index in [1.54, 1.807) is 0 Å². The smallest absolute Gasteiger partial charge is 0.228 e. The fourth-order valence-electron chi connectivity index (χ4n) is 2.26. The highest BCUT2D eigenvalue weighted by atomic mass is 16.1. The van der Waals surface area contributed by atoms with Crippen LogP contribution in [0, 0.1) is 5.92 Å². The monoisotopic (exact) mass is 246 g/mol. The second kappa shape index (κ2) is 6.55. The third-order valence-electron chi connectivity index (χ3n) is 3.47. The molecule has 2 rings (SSSR count). The molecule has 1 fully saturated rings. The van der Waals surface area contributed by atoms with Crippen molar-refractivity contribution in [2.24, 2.45) is 5.92 Å². The topological polar surface area (TPSA) is 41.1 Å². The van der Waals surface area contributed by atoms with Crippen LogP contribution in [0.1, 0.15) is 31.7 Å². The standard InChI is InChI=1S/C15H22N2O/c1-2-3-4-12-5-7-14(8-6-12)17-15(18)13-9-10-16-11-13/h5-8,13,16H,2-4,9-11H2,1H3,(H,17,18). The SMILES string of the molecule is CCCCc1ccc(NC(=O)C2CCNC2)cc1. The zero-order valence-corrected chi connectivity index (χ0v) is 11.0. The minimum atomic E-state index is 0.129. The van der Waals surface area contributed by atoms with E-state index in [9.17, 15) is 4.79 Å². The molecule has 1 aliphatic heterocycles. The molecule has 0 aliphatic carbocycles. The molecule has 0 radical (unpaired) electrons. The number of hydrogen-bond acceptors (Lipinski definition) is 2. The van der Waals surface area contributed by atoms with E-state index in [2.05, 4.69) is 29.7 Å². The Labute approximate surface area is 109 Å². The summed E-state index contributed by atoms with van der Waals surface area (Å²) in [4.78, 5) is 11.9. The summed E-state index contributed by atoms with van der Waals surface area (Å²) >= 11 is 0. The Hall–Kier alpha value is -1.35. The number of carbonyl (C=O) groups excluding carboxylic acids is 1. The van der Waals surface area contributed by atoms with Crippen LogP contribution in [0.2, 0.25) is 0 Å². The van der Waals surface area contributed by atoms with Crippen molar-refractivity contribution in [2.75, 3.05) is 18.4 Å². The van der Waals surface area contributed by atoms with Crippen molar-refractivity contribution in [2.45, 2.75) is 32.6 Å². The summed E-state index contributed by atoms with van der Waals surface area (Å²) < 4.78 is 0. The molecule has 0 aromatic heterocycles. The molecule has 1 unspecified atom stereocenters. The lowest BCUT2D eigenvalue weighted by molar-refractivity contribution is -0.119. The van der Waals surface area contributed by atoms with Gasteiger partial charge >= 0.3 is 0 Å². The third kappa shape index (κ3) is 3.57. The minimum Gasteiger partial charge on any atom is -0.326 e. The molecule has 1 saturated heterocycles. The second-order valence-corrected chi connectivity index (χ2v) is 4.98. The Bertz CT molecular complexity index is 380. The Kier molecular flexibility index (Phi) is 4.76. The number of benzene rings is 1. The van der Waals surface area contributed by atoms with E-state index in [4.69, 9.17) is 0 Å². The summed E-state index contributed by atoms with van der Waals surface area (Å²) in [5.41, 5.74) is 2.25. The largest absolute Gasteiger partial charge is 0.326 e. The molecule has 3 heteroatoms. The van der Waals surface area contributed by atoms with Gasteiger partial charge in [-0.3, -0.25) is 4.79 Å². The van der Waals surface area contributed by atoms with Crippen LogP contribution in [0.3, 0.4) is 0 Å². The van der Waals surface area contributed by atoms with Crippen molar-refractivity contribution < 1.29 is 4.79 Å². The van der Waals surface area contributed by atoms with Crippen LogP contribution in [-0.4, -0.2) is 19.0 Å². The summed E-state index contributed by atoms with van der Waals surface area (Å²) in [5.74, 6) is 0.270. The molecule has 0 saturated carbocycles. The highest BCUT2D eigenvalue weighted by Gasteiger charge is 2.22. The van der Waals surface area contributed by atoms with Gasteiger partial charge in [-0.05, 0) is 43.5 Å². The fourth-order valence-corrected chi connectivity index (χ4v) is 2.26. The maximum atomic E-state index is 11.9. The average molecular weight is 246 g/mol. The highest BCUT2D eigenvalue weighted by molar-refractivity contribution is 5.92. The van der Waals surface area contributed by atoms with E-state index in [1.165, 1.54) is 18.4 Å². The van der Waals surface area contributed by atoms with Crippen molar-refractivity contribution in [3.63, 3.8) is 0 Å². The maximum Gasteiger partial charge on any atom is 0.228 e. The number of nitrogens with one attached hydrogen (secondary N) is 2. The first-order valence-corrected chi connectivity index (χ1v) is 6.90. The summed E-state index contributed by atoms with van der Waals surface area (Å²) in [6.07, 6.45) is 4.50. The van der Waals surface area contributed by atoms with E-state index in [0.29, 0.717) is 0 Å². The van der Waals surface area contributed by atoms with Crippen LogP contribution in [0.25, 0.3) is 0 Å². The molecule has 0 spiro atoms. The number of aryl methyl sites for hydroxylation is 1. The summed E-state index contributed by atoms with van der Waals surface area (Å²) in [5, 5.41) is 6.20. The van der Waals surface area contributed by atoms with Crippen molar-refractivity contribution in [1.29, 1.82) is 0 Å². The van der Waals surface area contributed by atoms with Gasteiger partial charge in [-0.1, -0.05) is 25.5 Å². The zero-order chi connectivity index (χ0) is 12.8. The van der Waals surface area contributed by atoms with Gasteiger partial charge in [-0.15, -0.1) is 0 Å². The third-order valence-corrected chi connectivity index (χ3v) is 3.47. The van der Waals surface area contributed by atoms with Crippen LogP contribution in [0.5, 0.6) is 0 Å². The van der Waals surface area contributed by atoms with E-state index in [1.807, 2.05) is 12.1 Å². The second-order valence-electron chi connectivity index (χ2n) is 4.98. The predicted molar refractivity (Wildman–Crippen MR) is 74.7 cm³/mol. The summed E-state index contributed by atoms with van der Waals surface area (Å²) in [6.45, 7) is 3.96. The number of anilines is 1. The lowest BCUT2D eigenvalue weighted by Gasteiger charge is -2.10. The first-order chi connectivity index (χ1) is 8.79. The Balaban J connectivity index is 1.87. The van der Waals surface area contributed by atoms with E-state index < -0.39 is 0 Å². The van der Waals surface area contributed by atoms with Crippen LogP contribution < -0.4 is 10.6 Å². The molecule has 1 aromatic rings. The van der Waals surface area contributed by atoms with Crippen molar-refractivity contribution in [1.82, 2.24) is 5.32 Å². The number of hydrogen-bond donors (Lipinski definition) is 2. The zero-order valence-electron chi connectivity index (χ0n) is 11.0. The number of carbonyl (C=O) groups is 1. The molecule has 1 amide bonds. The average Bonchev–Trinajstić information content (AvgIpc) is 2.92. The van der Waals surface area contributed by atoms with Gasteiger partial charge in [0.1, 0.15) is 0 Å². The van der Waals surface area contributed by atoms with Gasteiger partial charge in [0.05, 0.1) is 5.92 Å². The van der Waals surface area contributed by atoms with Gasteiger partial charge in [0, 0.05) is 12.2 Å². The molecule has 3 nitrogen and oxygen atoms in total. The van der Waals surface area contributed by atoms with Gasteiger partial charge in [0.2, 0.25) is 5.91 Å². The molecule has 1 aromatic carbocycles. The lowest BCUT2D eigenvalue weighted by atomic mass is 10.1. The molecule has 2 N–H and O–H groups in total. The quantitative estimate of drug-likeness (QED) is 0.838. The Morgan fingerprint density at radius 1 is 1.39 bits per heavy atom. The van der Waals surface area contributed by atoms with Gasteiger partial charge in [0.15, 0.2) is 0 Å². The van der Waals surface area contributed by atoms with E-state index >= 15 is 0 Å². The molecular weight excluding hydrogens is 224 g/mol. The highest BCUT2D eigenvalue weighted by Crippen LogP contribution is 2.15. The van der Waals surface area contributed by atoms with Crippen molar-refractivity contribution in [3.8, 4) is 0 Å². The number of unbranched alkanes of at least 4 members (excludes halogenated alkanes) is 1. The van der Waals surface area contributed by atoms with E-state index in [0.717, 1.165) is 31.6 Å². The maximum absolute atomic E-state index is 11.9. The predicted octanol–water partition coefficient (Wildman–Crippen LogP) is 2.58. The molecular formula is C15H22N2O. The molecule has 1 atom stereocenters. The van der Waals surface area contributed by atoms with Gasteiger partial charge < -0.3 is 10.6 Å². The number of rotatable bonds is 5. The first-order valence-electron chi connectivity index (χ1n) is 6.90. The first kappa shape index (κ1) is 13.1. The molecule has 0 bridgehead atoms. The van der Waals surface area contributed by atoms with Crippen LogP contribution in [0.15, 0.2) is 24.3 Å². The fraction of sp³-hybridized carbons (Fsp3) is 0.533. The van der Waals surface area contributed by atoms with Crippen LogP contribution in [-0.2, 0) is 11.2 Å². The molecule has 98 valence electrons. The normalized spacial score (nSPS) is 18.8. The van der Waals surface area contributed by atoms with E-state index in [-0.39, 0.29) is 11.8 Å². The molecule has 1 heterocycles. The van der Waals surface area contributed by atoms with Crippen LogP contribution >= 0.6 is 0 Å². The lowest BCUT2D eigenvalue weighted by Crippen LogP contribution is -2.24. The van der Waals surface area contributed by atoms with Crippen LogP contribution in [0.4, 0.5) is 5.69 Å². The molecule has 18 heavy (non-hydrogen) atoms. The Morgan fingerprint density at radius 2 is 2.17 bits per heavy atom. The van der Waals surface area contributed by atoms with Crippen molar-refractivity contribution in [3.05, 3.63) is 29.8 Å². The minimum absolute atomic E-state index is 0.129. The molecule has 1 aliphatic rings. The number of amides is 1. The van der Waals surface area contributed by atoms with Gasteiger partial charge in [-0.2, -0.15) is 0 Å². The summed E-state index contributed by atoms with van der Waals surface area (Å²) in [7, 11) is 0. The summed E-state index contributed by atoms with van der Waals surface area (Å²) in [6, 6.07) is 8.23.